The SMILES string of the molecule is CCC1(CC)CCC(c2cccc3c2nc2c([n+]3C)-c3c(C)c(C)cc4cc(CC(C)C)cc(c34)O2)CC1. The van der Waals surface area contributed by atoms with Gasteiger partial charge in [-0.1, -0.05) is 64.8 Å². The molecule has 0 atom stereocenters. The van der Waals surface area contributed by atoms with E-state index in [4.69, 9.17) is 9.72 Å². The Morgan fingerprint density at radius 3 is 2.47 bits per heavy atom. The van der Waals surface area contributed by atoms with Crippen LogP contribution in [0, 0.1) is 25.2 Å². The molecule has 3 aromatic carbocycles. The summed E-state index contributed by atoms with van der Waals surface area (Å²) < 4.78 is 9.08. The van der Waals surface area contributed by atoms with Crippen molar-refractivity contribution in [1.82, 2.24) is 4.98 Å². The van der Waals surface area contributed by atoms with Gasteiger partial charge in [0.15, 0.2) is 0 Å². The summed E-state index contributed by atoms with van der Waals surface area (Å²) in [6.45, 7) is 13.8. The highest BCUT2D eigenvalue weighted by molar-refractivity contribution is 6.05. The molecule has 0 saturated heterocycles. The van der Waals surface area contributed by atoms with Crippen molar-refractivity contribution < 1.29 is 9.30 Å². The molecule has 2 aliphatic rings. The van der Waals surface area contributed by atoms with Gasteiger partial charge < -0.3 is 4.74 Å². The molecule has 3 heteroatoms. The Morgan fingerprint density at radius 1 is 1.05 bits per heavy atom. The first-order chi connectivity index (χ1) is 18.2. The Morgan fingerprint density at radius 2 is 1.79 bits per heavy atom. The Balaban J connectivity index is 1.53. The monoisotopic (exact) mass is 507 g/mol. The lowest BCUT2D eigenvalue weighted by molar-refractivity contribution is -0.634. The van der Waals surface area contributed by atoms with Crippen molar-refractivity contribution >= 4 is 21.8 Å². The average Bonchev–Trinajstić information content (AvgIpc) is 2.90. The second-order valence-corrected chi connectivity index (χ2v) is 12.6. The van der Waals surface area contributed by atoms with Crippen LogP contribution >= 0.6 is 0 Å². The third-order valence-corrected chi connectivity index (χ3v) is 10.0. The molecule has 1 aliphatic carbocycles. The molecule has 198 valence electrons. The molecule has 0 spiro atoms. The van der Waals surface area contributed by atoms with E-state index in [1.54, 1.807) is 0 Å². The van der Waals surface area contributed by atoms with Crippen LogP contribution in [0.2, 0.25) is 0 Å². The number of hydrogen-bond acceptors (Lipinski definition) is 2. The van der Waals surface area contributed by atoms with Gasteiger partial charge >= 0.3 is 0 Å². The first-order valence-corrected chi connectivity index (χ1v) is 14.8. The highest BCUT2D eigenvalue weighted by Gasteiger charge is 2.36. The molecule has 0 bridgehead atoms. The van der Waals surface area contributed by atoms with Crippen molar-refractivity contribution in [1.29, 1.82) is 0 Å². The third kappa shape index (κ3) is 3.92. The maximum Gasteiger partial charge on any atom is 0.294 e. The van der Waals surface area contributed by atoms with Crippen LogP contribution < -0.4 is 9.30 Å². The van der Waals surface area contributed by atoms with Gasteiger partial charge in [-0.25, -0.2) is 4.98 Å². The molecule has 4 aromatic rings. The Kier molecular flexibility index (Phi) is 6.24. The van der Waals surface area contributed by atoms with Gasteiger partial charge in [-0.3, -0.25) is 0 Å². The lowest BCUT2D eigenvalue weighted by Crippen LogP contribution is -2.35. The zero-order valence-corrected chi connectivity index (χ0v) is 24.4. The van der Waals surface area contributed by atoms with Gasteiger partial charge in [0.05, 0.1) is 5.56 Å². The molecular weight excluding hydrogens is 464 g/mol. The summed E-state index contributed by atoms with van der Waals surface area (Å²) in [6.07, 6.45) is 8.78. The molecular formula is C35H43N2O+. The van der Waals surface area contributed by atoms with Crippen molar-refractivity contribution in [3.63, 3.8) is 0 Å². The second-order valence-electron chi connectivity index (χ2n) is 12.6. The predicted molar refractivity (Wildman–Crippen MR) is 158 cm³/mol. The van der Waals surface area contributed by atoms with Crippen LogP contribution in [0.15, 0.2) is 36.4 Å². The van der Waals surface area contributed by atoms with Gasteiger partial charge in [0, 0.05) is 11.5 Å². The Hall–Kier alpha value is -2.94. The number of ether oxygens (including phenoxy) is 1. The fourth-order valence-corrected chi connectivity index (χ4v) is 7.41. The van der Waals surface area contributed by atoms with Gasteiger partial charge in [-0.05, 0) is 96.9 Å². The summed E-state index contributed by atoms with van der Waals surface area (Å²) in [7, 11) is 2.20. The fourth-order valence-electron chi connectivity index (χ4n) is 7.41. The zero-order valence-electron chi connectivity index (χ0n) is 24.4. The van der Waals surface area contributed by atoms with E-state index in [1.807, 2.05) is 0 Å². The van der Waals surface area contributed by atoms with E-state index in [1.165, 1.54) is 82.6 Å². The number of fused-ring (bicyclic) bond motifs is 3. The van der Waals surface area contributed by atoms with E-state index in [9.17, 15) is 0 Å². The van der Waals surface area contributed by atoms with Crippen LogP contribution in [0.25, 0.3) is 33.1 Å². The number of nitrogens with zero attached hydrogens (tertiary/aromatic N) is 2. The summed E-state index contributed by atoms with van der Waals surface area (Å²) in [5, 5.41) is 2.50. The van der Waals surface area contributed by atoms with E-state index in [0.717, 1.165) is 29.3 Å². The number of aromatic nitrogens is 2. The van der Waals surface area contributed by atoms with Crippen molar-refractivity contribution in [2.75, 3.05) is 0 Å². The zero-order chi connectivity index (χ0) is 26.8. The van der Waals surface area contributed by atoms with Gasteiger partial charge in [-0.2, -0.15) is 4.57 Å². The van der Waals surface area contributed by atoms with E-state index >= 15 is 0 Å². The van der Waals surface area contributed by atoms with E-state index in [0.29, 0.717) is 17.3 Å². The Labute approximate surface area is 228 Å². The number of rotatable bonds is 5. The lowest BCUT2D eigenvalue weighted by Gasteiger charge is -2.39. The summed E-state index contributed by atoms with van der Waals surface area (Å²) in [4.78, 5) is 5.33. The maximum atomic E-state index is 6.73. The van der Waals surface area contributed by atoms with Gasteiger partial charge in [0.1, 0.15) is 18.3 Å². The van der Waals surface area contributed by atoms with Crippen LogP contribution in [0.5, 0.6) is 11.6 Å². The van der Waals surface area contributed by atoms with Gasteiger partial charge in [0.2, 0.25) is 5.52 Å². The molecule has 6 rings (SSSR count). The highest BCUT2D eigenvalue weighted by Crippen LogP contribution is 2.50. The van der Waals surface area contributed by atoms with Gasteiger partial charge in [0.25, 0.3) is 11.6 Å². The third-order valence-electron chi connectivity index (χ3n) is 10.0. The number of hydrogen-bond donors (Lipinski definition) is 0. The molecule has 1 aromatic heterocycles. The van der Waals surface area contributed by atoms with Crippen molar-refractivity contribution in [2.45, 2.75) is 92.4 Å². The smallest absolute Gasteiger partial charge is 0.294 e. The highest BCUT2D eigenvalue weighted by atomic mass is 16.5. The van der Waals surface area contributed by atoms with Crippen LogP contribution in [0.1, 0.15) is 94.4 Å². The lowest BCUT2D eigenvalue weighted by atomic mass is 9.66. The minimum atomic E-state index is 0.535. The van der Waals surface area contributed by atoms with Crippen LogP contribution in [0.4, 0.5) is 0 Å². The second kappa shape index (κ2) is 9.36. The van der Waals surface area contributed by atoms with Crippen molar-refractivity contribution in [3.8, 4) is 22.9 Å². The fraction of sp³-hybridized carbons (Fsp3) is 0.486. The van der Waals surface area contributed by atoms with E-state index in [-0.39, 0.29) is 0 Å². The molecule has 3 nitrogen and oxygen atoms in total. The number of benzene rings is 3. The minimum Gasteiger partial charge on any atom is -0.433 e. The number of aryl methyl sites for hydroxylation is 2. The molecule has 0 amide bonds. The predicted octanol–water partition coefficient (Wildman–Crippen LogP) is 9.26. The molecule has 1 fully saturated rings. The Bertz CT molecular complexity index is 1550. The quantitative estimate of drug-likeness (QED) is 0.222. The first-order valence-electron chi connectivity index (χ1n) is 14.8. The topological polar surface area (TPSA) is 26.0 Å². The summed E-state index contributed by atoms with van der Waals surface area (Å²) in [5.41, 5.74) is 10.6. The van der Waals surface area contributed by atoms with Crippen LogP contribution in [0.3, 0.4) is 0 Å². The maximum absolute atomic E-state index is 6.73. The van der Waals surface area contributed by atoms with E-state index < -0.39 is 0 Å². The molecule has 0 radical (unpaired) electrons. The largest absolute Gasteiger partial charge is 0.433 e. The minimum absolute atomic E-state index is 0.535. The van der Waals surface area contributed by atoms with Crippen molar-refractivity contribution in [2.24, 2.45) is 18.4 Å². The van der Waals surface area contributed by atoms with E-state index in [2.05, 4.69) is 89.6 Å². The standard InChI is InChI=1S/C35H43N2O/c1-8-35(9-2)15-13-25(14-16-35)27-11-10-12-28-32(27)36-34-33(37(28)7)30-23(6)22(5)18-26-19-24(17-21(3)4)20-29(38-34)31(26)30/h10-12,18-21,25H,8-9,13-17H2,1-7H3/q+1. The average molecular weight is 508 g/mol. The number of para-hydroxylation sites is 1. The van der Waals surface area contributed by atoms with Gasteiger partial charge in [-0.15, -0.1) is 0 Å². The molecule has 0 N–H and O–H groups in total. The summed E-state index contributed by atoms with van der Waals surface area (Å²) >= 11 is 0. The summed E-state index contributed by atoms with van der Waals surface area (Å²) in [6, 6.07) is 13.8. The molecule has 0 unspecified atom stereocenters. The van der Waals surface area contributed by atoms with Crippen LogP contribution in [-0.2, 0) is 13.5 Å². The normalized spacial score (nSPS) is 16.7. The molecule has 38 heavy (non-hydrogen) atoms. The van der Waals surface area contributed by atoms with Crippen molar-refractivity contribution in [3.05, 3.63) is 58.7 Å². The molecule has 2 heterocycles. The summed E-state index contributed by atoms with van der Waals surface area (Å²) in [5.74, 6) is 2.88. The molecule has 1 aliphatic heterocycles. The molecule has 1 saturated carbocycles. The van der Waals surface area contributed by atoms with Crippen LogP contribution in [-0.4, -0.2) is 4.98 Å². The first kappa shape index (κ1) is 25.3.